The highest BCUT2D eigenvalue weighted by atomic mass is 16.4. The van der Waals surface area contributed by atoms with Gasteiger partial charge in [0.1, 0.15) is 16.9 Å². The fourth-order valence-electron chi connectivity index (χ4n) is 1.90. The number of carboxylic acids is 1. The van der Waals surface area contributed by atoms with Crippen molar-refractivity contribution in [3.05, 3.63) is 51.4 Å². The van der Waals surface area contributed by atoms with E-state index in [4.69, 9.17) is 9.52 Å². The molecule has 102 valence electrons. The number of aryl methyl sites for hydroxylation is 1. The van der Waals surface area contributed by atoms with E-state index in [1.54, 1.807) is 25.1 Å². The minimum Gasteiger partial charge on any atom is -0.478 e. The highest BCUT2D eigenvalue weighted by molar-refractivity contribution is 6.19. The molecule has 5 nitrogen and oxygen atoms in total. The lowest BCUT2D eigenvalue weighted by Crippen LogP contribution is -2.08. The number of carbonyl (C=O) groups excluding carboxylic acids is 1. The Morgan fingerprint density at radius 1 is 1.30 bits per heavy atom. The predicted molar refractivity (Wildman–Crippen MR) is 73.5 cm³/mol. The number of benzene rings is 1. The fraction of sp³-hybridized carbons (Fsp3) is 0.133. The summed E-state index contributed by atoms with van der Waals surface area (Å²) in [6.07, 6.45) is 1.22. The molecule has 20 heavy (non-hydrogen) atoms. The Morgan fingerprint density at radius 3 is 2.60 bits per heavy atom. The van der Waals surface area contributed by atoms with Gasteiger partial charge in [0.05, 0.1) is 5.39 Å². The van der Waals surface area contributed by atoms with Crippen molar-refractivity contribution < 1.29 is 19.1 Å². The molecule has 0 amide bonds. The summed E-state index contributed by atoms with van der Waals surface area (Å²) in [5, 5.41) is 9.35. The molecule has 0 aliphatic rings. The van der Waals surface area contributed by atoms with Crippen molar-refractivity contribution in [2.24, 2.45) is 0 Å². The van der Waals surface area contributed by atoms with Gasteiger partial charge in [0.25, 0.3) is 0 Å². The molecule has 0 aliphatic carbocycles. The number of ketones is 1. The van der Waals surface area contributed by atoms with E-state index in [1.807, 2.05) is 0 Å². The molecule has 0 aliphatic heterocycles. The third-order valence-electron chi connectivity index (χ3n) is 2.82. The van der Waals surface area contributed by atoms with Crippen LogP contribution >= 0.6 is 0 Å². The molecule has 0 atom stereocenters. The zero-order chi connectivity index (χ0) is 14.9. The number of carboxylic acid groups (broad SMARTS) is 1. The minimum absolute atomic E-state index is 0.210. The maximum Gasteiger partial charge on any atom is 0.339 e. The number of carbonyl (C=O) groups is 2. The lowest BCUT2D eigenvalue weighted by Gasteiger charge is -2.03. The third kappa shape index (κ3) is 2.51. The number of rotatable bonds is 3. The molecule has 2 aromatic rings. The summed E-state index contributed by atoms with van der Waals surface area (Å²) >= 11 is 0. The van der Waals surface area contributed by atoms with Gasteiger partial charge < -0.3 is 9.52 Å². The van der Waals surface area contributed by atoms with Gasteiger partial charge >= 0.3 is 5.97 Å². The molecule has 5 heteroatoms. The SMILES string of the molecule is CC(=O)/C(=C/c1cccc2c(=O)cc(C)oc12)C(=O)O. The van der Waals surface area contributed by atoms with Crippen molar-refractivity contribution in [3.63, 3.8) is 0 Å². The van der Waals surface area contributed by atoms with Crippen LogP contribution in [0.3, 0.4) is 0 Å². The lowest BCUT2D eigenvalue weighted by molar-refractivity contribution is -0.134. The first-order chi connectivity index (χ1) is 9.40. The van der Waals surface area contributed by atoms with Gasteiger partial charge in [0.2, 0.25) is 0 Å². The third-order valence-corrected chi connectivity index (χ3v) is 2.82. The van der Waals surface area contributed by atoms with Crippen LogP contribution in [0.2, 0.25) is 0 Å². The highest BCUT2D eigenvalue weighted by Crippen LogP contribution is 2.20. The van der Waals surface area contributed by atoms with Crippen LogP contribution in [-0.4, -0.2) is 16.9 Å². The number of hydrogen-bond donors (Lipinski definition) is 1. The van der Waals surface area contributed by atoms with Gasteiger partial charge in [0.15, 0.2) is 11.2 Å². The number of hydrogen-bond acceptors (Lipinski definition) is 4. The molecular formula is C15H12O5. The summed E-state index contributed by atoms with van der Waals surface area (Å²) in [5.41, 5.74) is 0.0914. The van der Waals surface area contributed by atoms with Gasteiger partial charge in [-0.05, 0) is 26.0 Å². The Kier molecular flexibility index (Phi) is 3.52. The summed E-state index contributed by atoms with van der Waals surface area (Å²) in [6.45, 7) is 2.80. The van der Waals surface area contributed by atoms with Gasteiger partial charge in [-0.15, -0.1) is 0 Å². The second-order valence-corrected chi connectivity index (χ2v) is 4.36. The van der Waals surface area contributed by atoms with Crippen LogP contribution < -0.4 is 5.43 Å². The van der Waals surface area contributed by atoms with Crippen molar-refractivity contribution in [3.8, 4) is 0 Å². The van der Waals surface area contributed by atoms with E-state index >= 15 is 0 Å². The second-order valence-electron chi connectivity index (χ2n) is 4.36. The zero-order valence-corrected chi connectivity index (χ0v) is 11.0. The van der Waals surface area contributed by atoms with Crippen LogP contribution in [0.5, 0.6) is 0 Å². The summed E-state index contributed by atoms with van der Waals surface area (Å²) in [5.74, 6) is -1.46. The van der Waals surface area contributed by atoms with Gasteiger partial charge in [0, 0.05) is 11.6 Å². The molecule has 0 bridgehead atoms. The molecule has 1 aromatic carbocycles. The molecule has 0 radical (unpaired) electrons. The summed E-state index contributed by atoms with van der Waals surface area (Å²) < 4.78 is 5.49. The topological polar surface area (TPSA) is 84.6 Å². The summed E-state index contributed by atoms with van der Waals surface area (Å²) in [7, 11) is 0. The van der Waals surface area contributed by atoms with Gasteiger partial charge in [-0.3, -0.25) is 9.59 Å². The van der Waals surface area contributed by atoms with Crippen molar-refractivity contribution in [1.29, 1.82) is 0 Å². The normalized spacial score (nSPS) is 11.6. The minimum atomic E-state index is -1.32. The molecule has 0 saturated heterocycles. The molecule has 1 N–H and O–H groups in total. The molecular weight excluding hydrogens is 260 g/mol. The van der Waals surface area contributed by atoms with E-state index in [1.165, 1.54) is 19.1 Å². The Labute approximate surface area is 114 Å². The highest BCUT2D eigenvalue weighted by Gasteiger charge is 2.14. The van der Waals surface area contributed by atoms with Crippen LogP contribution in [0.15, 0.2) is 39.1 Å². The van der Waals surface area contributed by atoms with Crippen LogP contribution in [0.25, 0.3) is 17.0 Å². The number of fused-ring (bicyclic) bond motifs is 1. The van der Waals surface area contributed by atoms with Crippen LogP contribution in [-0.2, 0) is 9.59 Å². The molecule has 0 saturated carbocycles. The molecule has 2 rings (SSSR count). The largest absolute Gasteiger partial charge is 0.478 e. The maximum absolute atomic E-state index is 11.8. The van der Waals surface area contributed by atoms with Crippen LogP contribution in [0.4, 0.5) is 0 Å². The molecule has 0 unspecified atom stereocenters. The summed E-state index contributed by atoms with van der Waals surface area (Å²) in [6, 6.07) is 6.15. The van der Waals surface area contributed by atoms with Crippen LogP contribution in [0, 0.1) is 6.92 Å². The van der Waals surface area contributed by atoms with Gasteiger partial charge in [-0.25, -0.2) is 4.79 Å². The van der Waals surface area contributed by atoms with Crippen molar-refractivity contribution in [1.82, 2.24) is 0 Å². The van der Waals surface area contributed by atoms with Crippen molar-refractivity contribution in [2.45, 2.75) is 13.8 Å². The first-order valence-corrected chi connectivity index (χ1v) is 5.89. The van der Waals surface area contributed by atoms with E-state index in [2.05, 4.69) is 0 Å². The van der Waals surface area contributed by atoms with Gasteiger partial charge in [-0.2, -0.15) is 0 Å². The quantitative estimate of drug-likeness (QED) is 0.525. The maximum atomic E-state index is 11.8. The van der Waals surface area contributed by atoms with E-state index in [0.29, 0.717) is 16.7 Å². The van der Waals surface area contributed by atoms with Crippen molar-refractivity contribution in [2.75, 3.05) is 0 Å². The standard InChI is InChI=1S/C15H12O5/c1-8-6-13(17)11-5-3-4-10(14(11)20-8)7-12(9(2)16)15(18)19/h3-7H,1-2H3,(H,18,19)/b12-7-. The van der Waals surface area contributed by atoms with Crippen molar-refractivity contribution >= 4 is 28.8 Å². The molecule has 1 heterocycles. The molecule has 1 aromatic heterocycles. The van der Waals surface area contributed by atoms with E-state index in [9.17, 15) is 14.4 Å². The lowest BCUT2D eigenvalue weighted by atomic mass is 10.1. The monoisotopic (exact) mass is 272 g/mol. The Balaban J connectivity index is 2.79. The van der Waals surface area contributed by atoms with E-state index < -0.39 is 11.8 Å². The number of Topliss-reactive ketones (excluding diaryl/α,β-unsaturated/α-hetero) is 1. The Bertz CT molecular complexity index is 780. The van der Waals surface area contributed by atoms with Gasteiger partial charge in [-0.1, -0.05) is 12.1 Å². The van der Waals surface area contributed by atoms with E-state index in [-0.39, 0.29) is 16.6 Å². The average Bonchev–Trinajstić information content (AvgIpc) is 2.35. The van der Waals surface area contributed by atoms with E-state index in [0.717, 1.165) is 0 Å². The number of aliphatic carboxylic acids is 1. The first kappa shape index (κ1) is 13.7. The molecule has 0 spiro atoms. The smallest absolute Gasteiger partial charge is 0.339 e. The fourth-order valence-corrected chi connectivity index (χ4v) is 1.90. The number of para-hydroxylation sites is 1. The Hall–Kier alpha value is -2.69. The first-order valence-electron chi connectivity index (χ1n) is 5.89. The summed E-state index contributed by atoms with van der Waals surface area (Å²) in [4.78, 5) is 34.2. The second kappa shape index (κ2) is 5.13. The van der Waals surface area contributed by atoms with Crippen LogP contribution in [0.1, 0.15) is 18.2 Å². The average molecular weight is 272 g/mol. The zero-order valence-electron chi connectivity index (χ0n) is 11.0. The Morgan fingerprint density at radius 2 is 2.00 bits per heavy atom. The molecule has 0 fully saturated rings. The predicted octanol–water partition coefficient (Wildman–Crippen LogP) is 2.16.